The average Bonchev–Trinajstić information content (AvgIpc) is 2.83. The van der Waals surface area contributed by atoms with E-state index in [0.717, 1.165) is 13.0 Å². The Kier molecular flexibility index (Phi) is 4.52. The molecule has 1 aromatic carbocycles. The van der Waals surface area contributed by atoms with E-state index in [9.17, 15) is 4.39 Å². The molecule has 0 saturated carbocycles. The maximum absolute atomic E-state index is 14.0. The number of hydrazine groups is 1. The second-order valence-electron chi connectivity index (χ2n) is 4.21. The summed E-state index contributed by atoms with van der Waals surface area (Å²) >= 11 is 6.08. The van der Waals surface area contributed by atoms with E-state index < -0.39 is 11.9 Å². The van der Waals surface area contributed by atoms with Crippen LogP contribution in [-0.2, 0) is 6.54 Å². The summed E-state index contributed by atoms with van der Waals surface area (Å²) in [5, 5.41) is 0.328. The Morgan fingerprint density at radius 3 is 2.95 bits per heavy atom. The Hall–Kier alpha value is -1.43. The lowest BCUT2D eigenvalue weighted by Crippen LogP contribution is -2.32. The highest BCUT2D eigenvalue weighted by Crippen LogP contribution is 2.29. The molecule has 19 heavy (non-hydrogen) atoms. The molecule has 2 aromatic rings. The van der Waals surface area contributed by atoms with Crippen molar-refractivity contribution in [2.45, 2.75) is 25.9 Å². The van der Waals surface area contributed by atoms with Gasteiger partial charge < -0.3 is 4.57 Å². The highest BCUT2D eigenvalue weighted by molar-refractivity contribution is 6.31. The van der Waals surface area contributed by atoms with Gasteiger partial charge >= 0.3 is 0 Å². The topological polar surface area (TPSA) is 55.9 Å². The number of aryl methyl sites for hydroxylation is 1. The first-order valence-corrected chi connectivity index (χ1v) is 6.47. The van der Waals surface area contributed by atoms with E-state index in [4.69, 9.17) is 17.4 Å². The van der Waals surface area contributed by atoms with Crippen LogP contribution in [0.1, 0.15) is 30.8 Å². The lowest BCUT2D eigenvalue weighted by Gasteiger charge is -2.19. The Balaban J connectivity index is 2.47. The van der Waals surface area contributed by atoms with Gasteiger partial charge in [-0.05, 0) is 18.6 Å². The van der Waals surface area contributed by atoms with Crippen LogP contribution in [0.2, 0.25) is 5.02 Å². The summed E-state index contributed by atoms with van der Waals surface area (Å²) in [7, 11) is 0. The highest BCUT2D eigenvalue weighted by atomic mass is 35.5. The minimum Gasteiger partial charge on any atom is -0.333 e. The second-order valence-corrected chi connectivity index (χ2v) is 4.62. The zero-order valence-electron chi connectivity index (χ0n) is 10.6. The molecule has 6 heteroatoms. The molecule has 2 rings (SSSR count). The number of imidazole rings is 1. The largest absolute Gasteiger partial charge is 0.333 e. The molecule has 1 aromatic heterocycles. The fourth-order valence-corrected chi connectivity index (χ4v) is 2.36. The number of rotatable bonds is 5. The summed E-state index contributed by atoms with van der Waals surface area (Å²) in [5.41, 5.74) is 2.91. The van der Waals surface area contributed by atoms with Gasteiger partial charge in [0.25, 0.3) is 0 Å². The van der Waals surface area contributed by atoms with E-state index in [1.807, 2.05) is 10.8 Å². The van der Waals surface area contributed by atoms with Crippen molar-refractivity contribution in [3.63, 3.8) is 0 Å². The summed E-state index contributed by atoms with van der Waals surface area (Å²) in [6.07, 6.45) is 4.47. The van der Waals surface area contributed by atoms with Gasteiger partial charge in [-0.1, -0.05) is 24.6 Å². The number of aromatic nitrogens is 2. The quantitative estimate of drug-likeness (QED) is 0.655. The fourth-order valence-electron chi connectivity index (χ4n) is 2.08. The molecule has 0 radical (unpaired) electrons. The van der Waals surface area contributed by atoms with Crippen LogP contribution in [0.25, 0.3) is 0 Å². The highest BCUT2D eigenvalue weighted by Gasteiger charge is 2.23. The van der Waals surface area contributed by atoms with Crippen LogP contribution in [0.15, 0.2) is 30.6 Å². The van der Waals surface area contributed by atoms with Crippen LogP contribution in [0.4, 0.5) is 4.39 Å². The number of hydrogen-bond donors (Lipinski definition) is 2. The van der Waals surface area contributed by atoms with Gasteiger partial charge in [0, 0.05) is 29.5 Å². The Bertz CT molecular complexity index is 535. The van der Waals surface area contributed by atoms with Crippen molar-refractivity contribution in [2.24, 2.45) is 5.84 Å². The van der Waals surface area contributed by atoms with Crippen LogP contribution in [0.5, 0.6) is 0 Å². The Morgan fingerprint density at radius 1 is 1.53 bits per heavy atom. The van der Waals surface area contributed by atoms with Crippen LogP contribution in [-0.4, -0.2) is 9.55 Å². The standard InChI is InChI=1S/C13H16ClFN4/c1-2-7-19-8-6-17-13(19)12(18-16)11-9(14)4-3-5-10(11)15/h3-6,8,12,18H,2,7,16H2,1H3. The van der Waals surface area contributed by atoms with Gasteiger partial charge in [0.1, 0.15) is 17.7 Å². The van der Waals surface area contributed by atoms with Crippen molar-refractivity contribution in [3.8, 4) is 0 Å². The third kappa shape index (κ3) is 2.78. The van der Waals surface area contributed by atoms with E-state index in [1.54, 1.807) is 18.3 Å². The SMILES string of the molecule is CCCn1ccnc1C(NN)c1c(F)cccc1Cl. The first-order chi connectivity index (χ1) is 9.19. The number of hydrogen-bond acceptors (Lipinski definition) is 3. The van der Waals surface area contributed by atoms with Gasteiger partial charge in [0.15, 0.2) is 0 Å². The molecule has 102 valence electrons. The molecule has 4 nitrogen and oxygen atoms in total. The minimum absolute atomic E-state index is 0.315. The molecule has 0 aliphatic heterocycles. The van der Waals surface area contributed by atoms with Crippen LogP contribution in [0.3, 0.4) is 0 Å². The van der Waals surface area contributed by atoms with Gasteiger partial charge in [0.05, 0.1) is 0 Å². The van der Waals surface area contributed by atoms with Crippen molar-refractivity contribution in [1.82, 2.24) is 15.0 Å². The monoisotopic (exact) mass is 282 g/mol. The number of nitrogens with zero attached hydrogens (tertiary/aromatic N) is 2. The lowest BCUT2D eigenvalue weighted by atomic mass is 10.1. The second kappa shape index (κ2) is 6.14. The minimum atomic E-state index is -0.574. The van der Waals surface area contributed by atoms with Crippen molar-refractivity contribution in [1.29, 1.82) is 0 Å². The maximum atomic E-state index is 14.0. The first kappa shape index (κ1) is 14.0. The number of benzene rings is 1. The van der Waals surface area contributed by atoms with Crippen LogP contribution < -0.4 is 11.3 Å². The van der Waals surface area contributed by atoms with E-state index >= 15 is 0 Å². The lowest BCUT2D eigenvalue weighted by molar-refractivity contribution is 0.515. The molecular weight excluding hydrogens is 267 g/mol. The Labute approximate surface area is 116 Å². The smallest absolute Gasteiger partial charge is 0.131 e. The first-order valence-electron chi connectivity index (χ1n) is 6.10. The summed E-state index contributed by atoms with van der Waals surface area (Å²) in [4.78, 5) is 4.26. The zero-order valence-corrected chi connectivity index (χ0v) is 11.4. The molecule has 0 aliphatic carbocycles. The maximum Gasteiger partial charge on any atom is 0.131 e. The third-order valence-corrected chi connectivity index (χ3v) is 3.26. The van der Waals surface area contributed by atoms with Gasteiger partial charge in [-0.2, -0.15) is 0 Å². The molecule has 1 atom stereocenters. The van der Waals surface area contributed by atoms with E-state index in [-0.39, 0.29) is 0 Å². The van der Waals surface area contributed by atoms with Crippen molar-refractivity contribution < 1.29 is 4.39 Å². The number of halogens is 2. The van der Waals surface area contributed by atoms with Crippen molar-refractivity contribution in [3.05, 3.63) is 52.8 Å². The fraction of sp³-hybridized carbons (Fsp3) is 0.308. The molecule has 1 unspecified atom stereocenters. The van der Waals surface area contributed by atoms with Crippen LogP contribution in [0, 0.1) is 5.82 Å². The predicted octanol–water partition coefficient (Wildman–Crippen LogP) is 2.64. The Morgan fingerprint density at radius 2 is 2.32 bits per heavy atom. The van der Waals surface area contributed by atoms with Crippen molar-refractivity contribution in [2.75, 3.05) is 0 Å². The van der Waals surface area contributed by atoms with Gasteiger partial charge in [-0.3, -0.25) is 5.84 Å². The molecule has 0 saturated heterocycles. The summed E-state index contributed by atoms with van der Waals surface area (Å²) in [6.45, 7) is 2.85. The van der Waals surface area contributed by atoms with Crippen LogP contribution >= 0.6 is 11.6 Å². The predicted molar refractivity (Wildman–Crippen MR) is 73.1 cm³/mol. The van der Waals surface area contributed by atoms with E-state index in [0.29, 0.717) is 16.4 Å². The summed E-state index contributed by atoms with van der Waals surface area (Å²) in [6, 6.07) is 3.99. The molecule has 1 heterocycles. The molecule has 0 bridgehead atoms. The summed E-state index contributed by atoms with van der Waals surface area (Å²) in [5.74, 6) is 5.82. The molecular formula is C13H16ClFN4. The number of nitrogens with two attached hydrogens (primary N) is 1. The van der Waals surface area contributed by atoms with Gasteiger partial charge in [-0.15, -0.1) is 0 Å². The average molecular weight is 283 g/mol. The third-order valence-electron chi connectivity index (χ3n) is 2.93. The number of nitrogens with one attached hydrogen (secondary N) is 1. The molecule has 0 fully saturated rings. The van der Waals surface area contributed by atoms with Crippen molar-refractivity contribution >= 4 is 11.6 Å². The molecule has 0 aliphatic rings. The molecule has 3 N–H and O–H groups in total. The zero-order chi connectivity index (χ0) is 13.8. The summed E-state index contributed by atoms with van der Waals surface area (Å²) < 4.78 is 15.9. The normalized spacial score (nSPS) is 12.6. The molecule has 0 amide bonds. The van der Waals surface area contributed by atoms with E-state index in [1.165, 1.54) is 6.07 Å². The molecule has 0 spiro atoms. The van der Waals surface area contributed by atoms with Gasteiger partial charge in [-0.25, -0.2) is 14.8 Å². The van der Waals surface area contributed by atoms with E-state index in [2.05, 4.69) is 17.3 Å². The van der Waals surface area contributed by atoms with Gasteiger partial charge in [0.2, 0.25) is 0 Å².